The van der Waals surface area contributed by atoms with Gasteiger partial charge in [-0.15, -0.1) is 0 Å². The van der Waals surface area contributed by atoms with Crippen LogP contribution < -0.4 is 5.32 Å². The molecule has 0 amide bonds. The molecule has 3 rings (SSSR count). The lowest BCUT2D eigenvalue weighted by atomic mass is 9.82. The fourth-order valence-corrected chi connectivity index (χ4v) is 3.19. The summed E-state index contributed by atoms with van der Waals surface area (Å²) in [6, 6.07) is 11.5. The van der Waals surface area contributed by atoms with Gasteiger partial charge in [0, 0.05) is 25.9 Å². The summed E-state index contributed by atoms with van der Waals surface area (Å²) >= 11 is 0. The molecule has 0 bridgehead atoms. The van der Waals surface area contributed by atoms with Gasteiger partial charge in [0.15, 0.2) is 5.82 Å². The van der Waals surface area contributed by atoms with Crippen molar-refractivity contribution in [3.8, 4) is 0 Å². The molecule has 0 aliphatic heterocycles. The predicted molar refractivity (Wildman–Crippen MR) is 82.2 cm³/mol. The van der Waals surface area contributed by atoms with Gasteiger partial charge in [-0.25, -0.2) is 0 Å². The van der Waals surface area contributed by atoms with E-state index in [1.807, 2.05) is 6.92 Å². The quantitative estimate of drug-likeness (QED) is 0.916. The van der Waals surface area contributed by atoms with Gasteiger partial charge >= 0.3 is 0 Å². The molecule has 21 heavy (non-hydrogen) atoms. The molecule has 1 aliphatic carbocycles. The zero-order valence-electron chi connectivity index (χ0n) is 12.6. The van der Waals surface area contributed by atoms with Crippen LogP contribution in [-0.2, 0) is 6.42 Å². The van der Waals surface area contributed by atoms with Gasteiger partial charge in [0.2, 0.25) is 5.89 Å². The molecule has 1 saturated carbocycles. The lowest BCUT2D eigenvalue weighted by Gasteiger charge is -2.29. The smallest absolute Gasteiger partial charge is 0.223 e. The third-order valence-corrected chi connectivity index (χ3v) is 4.35. The van der Waals surface area contributed by atoms with Crippen LogP contribution in [-0.4, -0.2) is 22.7 Å². The monoisotopic (exact) mass is 285 g/mol. The van der Waals surface area contributed by atoms with Gasteiger partial charge in [0.05, 0.1) is 0 Å². The van der Waals surface area contributed by atoms with Crippen LogP contribution in [0, 0.1) is 6.92 Å². The van der Waals surface area contributed by atoms with Crippen molar-refractivity contribution < 1.29 is 4.52 Å². The minimum Gasteiger partial charge on any atom is -0.340 e. The number of nitrogens with zero attached hydrogens (tertiary/aromatic N) is 2. The summed E-state index contributed by atoms with van der Waals surface area (Å²) in [6.45, 7) is 2.76. The molecule has 1 aliphatic rings. The summed E-state index contributed by atoms with van der Waals surface area (Å²) in [6.07, 6.45) is 5.91. The largest absolute Gasteiger partial charge is 0.340 e. The highest BCUT2D eigenvalue weighted by Gasteiger charge is 2.21. The van der Waals surface area contributed by atoms with E-state index in [9.17, 15) is 0 Å². The second kappa shape index (κ2) is 6.85. The average molecular weight is 285 g/mol. The van der Waals surface area contributed by atoms with E-state index < -0.39 is 0 Å². The van der Waals surface area contributed by atoms with Crippen LogP contribution in [0.15, 0.2) is 34.9 Å². The van der Waals surface area contributed by atoms with E-state index in [0.717, 1.165) is 24.7 Å². The van der Waals surface area contributed by atoms with E-state index in [4.69, 9.17) is 4.52 Å². The fourth-order valence-electron chi connectivity index (χ4n) is 3.19. The van der Waals surface area contributed by atoms with E-state index in [1.165, 1.54) is 31.2 Å². The van der Waals surface area contributed by atoms with E-state index in [-0.39, 0.29) is 0 Å². The van der Waals surface area contributed by atoms with Crippen LogP contribution in [0.4, 0.5) is 0 Å². The summed E-state index contributed by atoms with van der Waals surface area (Å²) in [4.78, 5) is 4.23. The van der Waals surface area contributed by atoms with Crippen LogP contribution in [0.2, 0.25) is 0 Å². The van der Waals surface area contributed by atoms with Crippen molar-refractivity contribution in [2.75, 3.05) is 6.54 Å². The number of hydrogen-bond acceptors (Lipinski definition) is 4. The van der Waals surface area contributed by atoms with Crippen molar-refractivity contribution in [3.05, 3.63) is 47.6 Å². The number of rotatable bonds is 5. The van der Waals surface area contributed by atoms with E-state index in [0.29, 0.717) is 11.9 Å². The third kappa shape index (κ3) is 3.91. The van der Waals surface area contributed by atoms with Gasteiger partial charge < -0.3 is 9.84 Å². The number of benzene rings is 1. The third-order valence-electron chi connectivity index (χ3n) is 4.35. The number of aromatic nitrogens is 2. The molecular weight excluding hydrogens is 262 g/mol. The Morgan fingerprint density at radius 3 is 2.57 bits per heavy atom. The summed E-state index contributed by atoms with van der Waals surface area (Å²) in [5, 5.41) is 7.55. The van der Waals surface area contributed by atoms with Crippen molar-refractivity contribution in [1.29, 1.82) is 0 Å². The molecule has 1 fully saturated rings. The first kappa shape index (κ1) is 14.3. The molecule has 0 atom stereocenters. The molecule has 1 aromatic carbocycles. The van der Waals surface area contributed by atoms with Crippen molar-refractivity contribution in [2.45, 2.75) is 51.0 Å². The Kier molecular flexibility index (Phi) is 4.65. The highest BCUT2D eigenvalue weighted by Crippen LogP contribution is 2.32. The zero-order valence-corrected chi connectivity index (χ0v) is 12.6. The molecule has 2 aromatic rings. The van der Waals surface area contributed by atoms with Crippen LogP contribution in [0.5, 0.6) is 0 Å². The molecule has 0 unspecified atom stereocenters. The molecular formula is C17H23N3O. The number of hydrogen-bond donors (Lipinski definition) is 1. The topological polar surface area (TPSA) is 51.0 Å². The van der Waals surface area contributed by atoms with Gasteiger partial charge in [-0.1, -0.05) is 35.5 Å². The molecule has 0 radical (unpaired) electrons. The minimum atomic E-state index is 0.637. The van der Waals surface area contributed by atoms with Crippen LogP contribution >= 0.6 is 0 Å². The second-order valence-corrected chi connectivity index (χ2v) is 5.89. The standard InChI is InChI=1S/C17H23N3O/c1-13-19-17(20-21-13)11-12-18-16-9-7-15(8-10-16)14-5-3-2-4-6-14/h2-6,15-16,18H,7-12H2,1H3. The average Bonchev–Trinajstić information content (AvgIpc) is 2.94. The van der Waals surface area contributed by atoms with Crippen LogP contribution in [0.25, 0.3) is 0 Å². The lowest BCUT2D eigenvalue weighted by Crippen LogP contribution is -2.34. The highest BCUT2D eigenvalue weighted by molar-refractivity contribution is 5.20. The molecule has 1 aromatic heterocycles. The zero-order chi connectivity index (χ0) is 14.5. The minimum absolute atomic E-state index is 0.637. The van der Waals surface area contributed by atoms with Crippen LogP contribution in [0.1, 0.15) is 48.9 Å². The van der Waals surface area contributed by atoms with Crippen molar-refractivity contribution in [1.82, 2.24) is 15.5 Å². The van der Waals surface area contributed by atoms with Crippen molar-refractivity contribution in [3.63, 3.8) is 0 Å². The van der Waals surface area contributed by atoms with E-state index in [2.05, 4.69) is 45.8 Å². The summed E-state index contributed by atoms with van der Waals surface area (Å²) in [5.74, 6) is 2.19. The van der Waals surface area contributed by atoms with Crippen molar-refractivity contribution >= 4 is 0 Å². The molecule has 1 N–H and O–H groups in total. The maximum atomic E-state index is 4.98. The molecule has 0 spiro atoms. The summed E-state index contributed by atoms with van der Waals surface area (Å²) in [7, 11) is 0. The first-order valence-electron chi connectivity index (χ1n) is 7.89. The van der Waals surface area contributed by atoms with Crippen LogP contribution in [0.3, 0.4) is 0 Å². The van der Waals surface area contributed by atoms with E-state index in [1.54, 1.807) is 0 Å². The Morgan fingerprint density at radius 1 is 1.14 bits per heavy atom. The number of nitrogens with one attached hydrogen (secondary N) is 1. The van der Waals surface area contributed by atoms with Gasteiger partial charge in [-0.05, 0) is 37.2 Å². The maximum absolute atomic E-state index is 4.98. The summed E-state index contributed by atoms with van der Waals surface area (Å²) in [5.41, 5.74) is 1.50. The number of aryl methyl sites for hydroxylation is 1. The Morgan fingerprint density at radius 2 is 1.90 bits per heavy atom. The van der Waals surface area contributed by atoms with Crippen molar-refractivity contribution in [2.24, 2.45) is 0 Å². The van der Waals surface area contributed by atoms with Gasteiger partial charge in [-0.2, -0.15) is 4.98 Å². The Hall–Kier alpha value is -1.68. The fraction of sp³-hybridized carbons (Fsp3) is 0.529. The molecule has 4 nitrogen and oxygen atoms in total. The Bertz CT molecular complexity index is 544. The van der Waals surface area contributed by atoms with E-state index >= 15 is 0 Å². The molecule has 4 heteroatoms. The Labute approximate surface area is 126 Å². The SMILES string of the molecule is Cc1nc(CCNC2CCC(c3ccccc3)CC2)no1. The maximum Gasteiger partial charge on any atom is 0.223 e. The molecule has 112 valence electrons. The van der Waals surface area contributed by atoms with Gasteiger partial charge in [0.1, 0.15) is 0 Å². The Balaban J connectivity index is 1.40. The predicted octanol–water partition coefficient (Wildman–Crippen LogP) is 3.24. The first-order valence-corrected chi connectivity index (χ1v) is 7.89. The second-order valence-electron chi connectivity index (χ2n) is 5.89. The molecule has 0 saturated heterocycles. The summed E-state index contributed by atoms with van der Waals surface area (Å²) < 4.78 is 4.98. The lowest BCUT2D eigenvalue weighted by molar-refractivity contribution is 0.342. The van der Waals surface area contributed by atoms with Gasteiger partial charge in [0.25, 0.3) is 0 Å². The molecule has 1 heterocycles. The normalized spacial score (nSPS) is 22.3. The highest BCUT2D eigenvalue weighted by atomic mass is 16.5. The van der Waals surface area contributed by atoms with Gasteiger partial charge in [-0.3, -0.25) is 0 Å². The first-order chi connectivity index (χ1) is 10.3.